The Kier molecular flexibility index (Phi) is 4.86. The van der Waals surface area contributed by atoms with E-state index in [1.54, 1.807) is 18.3 Å². The van der Waals surface area contributed by atoms with Crippen molar-refractivity contribution in [1.82, 2.24) is 9.88 Å². The zero-order valence-electron chi connectivity index (χ0n) is 11.2. The van der Waals surface area contributed by atoms with Crippen LogP contribution in [0.3, 0.4) is 0 Å². The van der Waals surface area contributed by atoms with Crippen molar-refractivity contribution in [3.05, 3.63) is 47.8 Å². The van der Waals surface area contributed by atoms with Gasteiger partial charge in [-0.25, -0.2) is 4.98 Å². The van der Waals surface area contributed by atoms with Crippen LogP contribution < -0.4 is 4.74 Å². The second-order valence-corrected chi connectivity index (χ2v) is 4.92. The second-order valence-electron chi connectivity index (χ2n) is 4.51. The molecule has 1 aliphatic rings. The lowest BCUT2D eigenvalue weighted by Gasteiger charge is -2.21. The summed E-state index contributed by atoms with van der Waals surface area (Å²) >= 11 is 6.05. The molecular weight excluding hydrogens is 260 g/mol. The van der Waals surface area contributed by atoms with Gasteiger partial charge in [0, 0.05) is 24.9 Å². The lowest BCUT2D eigenvalue weighted by Crippen LogP contribution is -2.24. The van der Waals surface area contributed by atoms with Crippen molar-refractivity contribution < 1.29 is 4.74 Å². The van der Waals surface area contributed by atoms with Crippen LogP contribution in [0.1, 0.15) is 19.8 Å². The molecule has 0 radical (unpaired) electrons. The number of halogens is 1. The molecule has 1 aromatic rings. The van der Waals surface area contributed by atoms with Crippen molar-refractivity contribution in [2.75, 3.05) is 13.1 Å². The molecule has 4 heteroatoms. The molecule has 102 valence electrons. The Morgan fingerprint density at radius 2 is 2.53 bits per heavy atom. The van der Waals surface area contributed by atoms with Gasteiger partial charge in [0.1, 0.15) is 11.1 Å². The highest BCUT2D eigenvalue weighted by atomic mass is 35.5. The summed E-state index contributed by atoms with van der Waals surface area (Å²) in [4.78, 5) is 6.50. The quantitative estimate of drug-likeness (QED) is 0.769. The minimum absolute atomic E-state index is 0.146. The Balaban J connectivity index is 1.97. The molecule has 1 fully saturated rings. The molecule has 0 unspecified atom stereocenters. The Labute approximate surface area is 119 Å². The van der Waals surface area contributed by atoms with Crippen molar-refractivity contribution in [1.29, 1.82) is 0 Å². The van der Waals surface area contributed by atoms with Crippen LogP contribution in [-0.2, 0) is 0 Å². The molecule has 0 spiro atoms. The van der Waals surface area contributed by atoms with Gasteiger partial charge in [-0.3, -0.25) is 0 Å². The molecule has 2 rings (SSSR count). The number of allylic oxidation sites excluding steroid dienone is 3. The van der Waals surface area contributed by atoms with E-state index in [0.29, 0.717) is 10.9 Å². The third-order valence-corrected chi connectivity index (χ3v) is 3.51. The molecule has 1 atom stereocenters. The zero-order chi connectivity index (χ0) is 13.7. The van der Waals surface area contributed by atoms with Gasteiger partial charge in [0.05, 0.1) is 6.54 Å². The summed E-state index contributed by atoms with van der Waals surface area (Å²) in [5, 5.41) is 0.568. The molecule has 0 amide bonds. The van der Waals surface area contributed by atoms with Crippen LogP contribution in [0.15, 0.2) is 42.8 Å². The number of pyridine rings is 1. The van der Waals surface area contributed by atoms with Crippen LogP contribution in [0.2, 0.25) is 5.02 Å². The summed E-state index contributed by atoms with van der Waals surface area (Å²) in [5.41, 5.74) is 1.30. The highest BCUT2D eigenvalue weighted by molar-refractivity contribution is 6.31. The maximum atomic E-state index is 6.05. The van der Waals surface area contributed by atoms with Crippen molar-refractivity contribution in [3.8, 4) is 5.88 Å². The van der Waals surface area contributed by atoms with E-state index in [4.69, 9.17) is 16.3 Å². The Hall–Kier alpha value is -1.48. The number of ether oxygens (including phenoxy) is 1. The van der Waals surface area contributed by atoms with Crippen molar-refractivity contribution in [2.24, 2.45) is 0 Å². The number of likely N-dealkylation sites (tertiary alicyclic amines) is 1. The molecule has 2 heterocycles. The molecule has 1 saturated heterocycles. The molecule has 19 heavy (non-hydrogen) atoms. The van der Waals surface area contributed by atoms with Crippen LogP contribution in [0.5, 0.6) is 5.88 Å². The van der Waals surface area contributed by atoms with E-state index in [0.717, 1.165) is 25.9 Å². The average Bonchev–Trinajstić information content (AvgIpc) is 2.87. The highest BCUT2D eigenvalue weighted by Crippen LogP contribution is 2.25. The fourth-order valence-corrected chi connectivity index (χ4v) is 2.45. The monoisotopic (exact) mass is 278 g/mol. The summed E-state index contributed by atoms with van der Waals surface area (Å²) in [5.74, 6) is 0.529. The molecule has 3 nitrogen and oxygen atoms in total. The number of rotatable bonds is 5. The van der Waals surface area contributed by atoms with Crippen molar-refractivity contribution >= 4 is 11.6 Å². The molecule has 1 aliphatic heterocycles. The minimum atomic E-state index is 0.146. The van der Waals surface area contributed by atoms with E-state index in [1.807, 2.05) is 6.08 Å². The van der Waals surface area contributed by atoms with Gasteiger partial charge in [-0.1, -0.05) is 31.2 Å². The largest absolute Gasteiger partial charge is 0.471 e. The fraction of sp³-hybridized carbons (Fsp3) is 0.400. The smallest absolute Gasteiger partial charge is 0.232 e. The van der Waals surface area contributed by atoms with Gasteiger partial charge < -0.3 is 9.64 Å². The second kappa shape index (κ2) is 6.62. The predicted octanol–water partition coefficient (Wildman–Crippen LogP) is 3.67. The standard InChI is InChI=1S/C15H19ClN2O/c1-3-6-12(4-2)18-10-8-13(11-18)19-15-14(16)7-5-9-17-15/h3,5-7,9,13H,1,4,8,10-11H2,2H3/b12-6+/t13-/m0/s1. The third kappa shape index (κ3) is 3.51. The molecule has 0 bridgehead atoms. The maximum Gasteiger partial charge on any atom is 0.232 e. The summed E-state index contributed by atoms with van der Waals surface area (Å²) in [6.07, 6.45) is 7.74. The first-order valence-corrected chi connectivity index (χ1v) is 6.96. The Bertz CT molecular complexity index is 473. The first-order valence-electron chi connectivity index (χ1n) is 6.58. The van der Waals surface area contributed by atoms with Gasteiger partial charge in [-0.2, -0.15) is 0 Å². The SMILES string of the molecule is C=C/C=C(\CC)N1CC[C@H](Oc2ncccc2Cl)C1. The Morgan fingerprint density at radius 3 is 3.21 bits per heavy atom. The minimum Gasteiger partial charge on any atom is -0.471 e. The summed E-state index contributed by atoms with van der Waals surface area (Å²) in [6, 6.07) is 3.60. The fourth-order valence-electron chi connectivity index (χ4n) is 2.28. The topological polar surface area (TPSA) is 25.4 Å². The summed E-state index contributed by atoms with van der Waals surface area (Å²) < 4.78 is 5.87. The van der Waals surface area contributed by atoms with Crippen LogP contribution >= 0.6 is 11.6 Å². The highest BCUT2D eigenvalue weighted by Gasteiger charge is 2.25. The number of hydrogen-bond donors (Lipinski definition) is 0. The van der Waals surface area contributed by atoms with Gasteiger partial charge in [0.15, 0.2) is 0 Å². The van der Waals surface area contributed by atoms with Crippen molar-refractivity contribution in [3.63, 3.8) is 0 Å². The van der Waals surface area contributed by atoms with Crippen LogP contribution in [0.25, 0.3) is 0 Å². The van der Waals surface area contributed by atoms with E-state index in [-0.39, 0.29) is 6.10 Å². The van der Waals surface area contributed by atoms with E-state index in [2.05, 4.69) is 29.5 Å². The molecule has 0 aromatic carbocycles. The first-order chi connectivity index (χ1) is 9.24. The van der Waals surface area contributed by atoms with Crippen LogP contribution in [0.4, 0.5) is 0 Å². The van der Waals surface area contributed by atoms with Gasteiger partial charge >= 0.3 is 0 Å². The number of hydrogen-bond acceptors (Lipinski definition) is 3. The molecule has 0 aliphatic carbocycles. The summed E-state index contributed by atoms with van der Waals surface area (Å²) in [7, 11) is 0. The van der Waals surface area contributed by atoms with Gasteiger partial charge in [0.2, 0.25) is 5.88 Å². The molecule has 1 aromatic heterocycles. The number of aromatic nitrogens is 1. The van der Waals surface area contributed by atoms with Crippen LogP contribution in [-0.4, -0.2) is 29.1 Å². The lowest BCUT2D eigenvalue weighted by molar-refractivity contribution is 0.200. The molecule has 0 N–H and O–H groups in total. The maximum absolute atomic E-state index is 6.05. The third-order valence-electron chi connectivity index (χ3n) is 3.23. The zero-order valence-corrected chi connectivity index (χ0v) is 11.9. The molecular formula is C15H19ClN2O. The number of nitrogens with zero attached hydrogens (tertiary/aromatic N) is 2. The van der Waals surface area contributed by atoms with Gasteiger partial charge in [0.25, 0.3) is 0 Å². The lowest BCUT2D eigenvalue weighted by atomic mass is 10.3. The van der Waals surface area contributed by atoms with E-state index in [1.165, 1.54) is 5.70 Å². The van der Waals surface area contributed by atoms with E-state index >= 15 is 0 Å². The van der Waals surface area contributed by atoms with E-state index < -0.39 is 0 Å². The van der Waals surface area contributed by atoms with Gasteiger partial charge in [-0.05, 0) is 24.6 Å². The van der Waals surface area contributed by atoms with Crippen molar-refractivity contribution in [2.45, 2.75) is 25.9 Å². The predicted molar refractivity (Wildman–Crippen MR) is 78.4 cm³/mol. The first kappa shape index (κ1) is 13.9. The average molecular weight is 279 g/mol. The van der Waals surface area contributed by atoms with Gasteiger partial charge in [-0.15, -0.1) is 0 Å². The Morgan fingerprint density at radius 1 is 1.68 bits per heavy atom. The normalized spacial score (nSPS) is 19.6. The van der Waals surface area contributed by atoms with Crippen LogP contribution in [0, 0.1) is 0 Å². The van der Waals surface area contributed by atoms with E-state index in [9.17, 15) is 0 Å². The summed E-state index contributed by atoms with van der Waals surface area (Å²) in [6.45, 7) is 7.79. The molecule has 0 saturated carbocycles.